The van der Waals surface area contributed by atoms with Gasteiger partial charge in [-0.05, 0) is 60.3 Å². The van der Waals surface area contributed by atoms with E-state index >= 15 is 0 Å². The van der Waals surface area contributed by atoms with E-state index in [2.05, 4.69) is 121 Å². The van der Waals surface area contributed by atoms with Crippen molar-refractivity contribution in [1.29, 1.82) is 0 Å². The van der Waals surface area contributed by atoms with Gasteiger partial charge in [-0.15, -0.1) is 0 Å². The van der Waals surface area contributed by atoms with Crippen molar-refractivity contribution in [3.05, 3.63) is 144 Å². The average Bonchev–Trinajstić information content (AvgIpc) is 3.58. The van der Waals surface area contributed by atoms with Crippen molar-refractivity contribution in [2.24, 2.45) is 0 Å². The van der Waals surface area contributed by atoms with Gasteiger partial charge in [-0.2, -0.15) is 0 Å². The first kappa shape index (κ1) is 24.1. The molecular formula is C34H36P2. The zero-order valence-corrected chi connectivity index (χ0v) is 22.8. The number of hydrogen-bond acceptors (Lipinski definition) is 0. The minimum Gasteiger partial charge on any atom is -0.0910 e. The standard InChI is InChI=1S/C34H36P2/c1-5-13-27(14-6-1)31-21-22-32(28-15-7-2-8-16-28)35(31)25-26-36-33(29-17-9-3-10-18-29)23-24-34(36)30-19-11-4-12-20-30/h1-20,31-34H,21-26H2/t31-,32+,33-,34+,35?,36?. The molecule has 2 unspecified atom stereocenters. The van der Waals surface area contributed by atoms with Gasteiger partial charge < -0.3 is 0 Å². The second-order valence-electron chi connectivity index (χ2n) is 10.3. The van der Waals surface area contributed by atoms with E-state index in [1.807, 2.05) is 0 Å². The maximum Gasteiger partial charge on any atom is 0.00477 e. The molecule has 0 aliphatic carbocycles. The zero-order valence-electron chi connectivity index (χ0n) is 21.0. The predicted octanol–water partition coefficient (Wildman–Crippen LogP) is 10.5. The quantitative estimate of drug-likeness (QED) is 0.219. The summed E-state index contributed by atoms with van der Waals surface area (Å²) in [7, 11) is -0.201. The minimum absolute atomic E-state index is 0.100. The topological polar surface area (TPSA) is 0 Å². The van der Waals surface area contributed by atoms with Crippen LogP contribution in [-0.2, 0) is 0 Å². The average molecular weight is 507 g/mol. The van der Waals surface area contributed by atoms with Crippen LogP contribution in [0.25, 0.3) is 0 Å². The molecule has 0 nitrogen and oxygen atoms in total. The van der Waals surface area contributed by atoms with Crippen molar-refractivity contribution in [2.45, 2.75) is 48.3 Å². The Labute approximate surface area is 219 Å². The molecule has 0 saturated carbocycles. The molecule has 2 heteroatoms. The summed E-state index contributed by atoms with van der Waals surface area (Å²) in [4.78, 5) is 0. The maximum absolute atomic E-state index is 2.40. The summed E-state index contributed by atoms with van der Waals surface area (Å²) in [6, 6.07) is 45.8. The number of hydrogen-bond donors (Lipinski definition) is 0. The van der Waals surface area contributed by atoms with Crippen LogP contribution in [0, 0.1) is 0 Å². The third kappa shape index (κ3) is 5.09. The third-order valence-electron chi connectivity index (χ3n) is 8.38. The lowest BCUT2D eigenvalue weighted by atomic mass is 10.0. The highest BCUT2D eigenvalue weighted by Gasteiger charge is 2.41. The van der Waals surface area contributed by atoms with Crippen LogP contribution in [-0.4, -0.2) is 12.3 Å². The molecule has 4 aromatic carbocycles. The van der Waals surface area contributed by atoms with Gasteiger partial charge in [0.15, 0.2) is 0 Å². The molecule has 6 atom stereocenters. The molecule has 4 aromatic rings. The molecule has 36 heavy (non-hydrogen) atoms. The van der Waals surface area contributed by atoms with Gasteiger partial charge in [0.1, 0.15) is 0 Å². The number of benzene rings is 4. The smallest absolute Gasteiger partial charge is 0.00477 e. The summed E-state index contributed by atoms with van der Waals surface area (Å²) < 4.78 is 0. The zero-order chi connectivity index (χ0) is 24.2. The van der Waals surface area contributed by atoms with Crippen LogP contribution >= 0.6 is 15.8 Å². The van der Waals surface area contributed by atoms with Crippen LogP contribution in [0.3, 0.4) is 0 Å². The van der Waals surface area contributed by atoms with Crippen LogP contribution in [0.5, 0.6) is 0 Å². The Morgan fingerprint density at radius 2 is 0.583 bits per heavy atom. The lowest BCUT2D eigenvalue weighted by Crippen LogP contribution is -2.05. The van der Waals surface area contributed by atoms with Gasteiger partial charge in [0.05, 0.1) is 0 Å². The second kappa shape index (κ2) is 11.4. The minimum atomic E-state index is -0.100. The van der Waals surface area contributed by atoms with Crippen molar-refractivity contribution >= 4 is 15.8 Å². The van der Waals surface area contributed by atoms with Gasteiger partial charge in [-0.25, -0.2) is 0 Å². The Hall–Kier alpha value is -2.26. The highest BCUT2D eigenvalue weighted by atomic mass is 31.1. The summed E-state index contributed by atoms with van der Waals surface area (Å²) in [6.07, 6.45) is 8.20. The molecule has 2 aliphatic heterocycles. The Morgan fingerprint density at radius 1 is 0.361 bits per heavy atom. The van der Waals surface area contributed by atoms with Crippen molar-refractivity contribution in [3.63, 3.8) is 0 Å². The molecule has 0 amide bonds. The molecule has 2 fully saturated rings. The van der Waals surface area contributed by atoms with Gasteiger partial charge in [0, 0.05) is 22.6 Å². The van der Waals surface area contributed by atoms with Gasteiger partial charge in [-0.1, -0.05) is 137 Å². The van der Waals surface area contributed by atoms with Crippen molar-refractivity contribution in [3.8, 4) is 0 Å². The molecule has 2 saturated heterocycles. The highest BCUT2D eigenvalue weighted by Crippen LogP contribution is 2.75. The fraction of sp³-hybridized carbons (Fsp3) is 0.294. The summed E-state index contributed by atoms with van der Waals surface area (Å²) >= 11 is 0. The Kier molecular flexibility index (Phi) is 7.65. The molecule has 2 aliphatic rings. The van der Waals surface area contributed by atoms with E-state index in [4.69, 9.17) is 0 Å². The van der Waals surface area contributed by atoms with Crippen LogP contribution in [0.4, 0.5) is 0 Å². The van der Waals surface area contributed by atoms with E-state index in [9.17, 15) is 0 Å². The van der Waals surface area contributed by atoms with Crippen LogP contribution in [0.15, 0.2) is 121 Å². The van der Waals surface area contributed by atoms with Gasteiger partial charge >= 0.3 is 0 Å². The van der Waals surface area contributed by atoms with Crippen LogP contribution in [0.1, 0.15) is 70.6 Å². The Balaban J connectivity index is 1.30. The molecule has 182 valence electrons. The highest BCUT2D eigenvalue weighted by molar-refractivity contribution is 7.62. The first-order valence-corrected chi connectivity index (χ1v) is 16.9. The first-order chi connectivity index (χ1) is 17.9. The summed E-state index contributed by atoms with van der Waals surface area (Å²) in [5, 5.41) is 0. The molecule has 0 aromatic heterocycles. The van der Waals surface area contributed by atoms with E-state index < -0.39 is 0 Å². The molecule has 0 N–H and O–H groups in total. The van der Waals surface area contributed by atoms with Crippen molar-refractivity contribution in [1.82, 2.24) is 0 Å². The van der Waals surface area contributed by atoms with E-state index in [0.29, 0.717) is 0 Å². The first-order valence-electron chi connectivity index (χ1n) is 13.6. The summed E-state index contributed by atoms with van der Waals surface area (Å²) in [5.74, 6) is 0. The lowest BCUT2D eigenvalue weighted by molar-refractivity contribution is 0.765. The molecule has 0 radical (unpaired) electrons. The van der Waals surface area contributed by atoms with E-state index in [1.54, 1.807) is 22.3 Å². The molecule has 0 spiro atoms. The van der Waals surface area contributed by atoms with Gasteiger partial charge in [0.2, 0.25) is 0 Å². The lowest BCUT2D eigenvalue weighted by Gasteiger charge is -2.32. The summed E-state index contributed by atoms with van der Waals surface area (Å²) in [6.45, 7) is 0. The second-order valence-corrected chi connectivity index (χ2v) is 15.8. The number of rotatable bonds is 7. The van der Waals surface area contributed by atoms with Crippen molar-refractivity contribution in [2.75, 3.05) is 12.3 Å². The molecule has 0 bridgehead atoms. The SMILES string of the molecule is c1ccc([C@H]2CC[C@@H](c3ccccc3)P2CCP2[C@@H](c3ccccc3)CC[C@H]2c2ccccc2)cc1. The monoisotopic (exact) mass is 506 g/mol. The third-order valence-corrected chi connectivity index (χ3v) is 15.6. The summed E-state index contributed by atoms with van der Waals surface area (Å²) in [5.41, 5.74) is 9.31. The van der Waals surface area contributed by atoms with Crippen molar-refractivity contribution < 1.29 is 0 Å². The largest absolute Gasteiger partial charge is 0.0910 e. The Morgan fingerprint density at radius 3 is 0.806 bits per heavy atom. The van der Waals surface area contributed by atoms with E-state index in [0.717, 1.165) is 22.6 Å². The fourth-order valence-electron chi connectivity index (χ4n) is 6.72. The molecule has 2 heterocycles. The molecular weight excluding hydrogens is 470 g/mol. The van der Waals surface area contributed by atoms with E-state index in [1.165, 1.54) is 38.0 Å². The van der Waals surface area contributed by atoms with E-state index in [-0.39, 0.29) is 15.8 Å². The van der Waals surface area contributed by atoms with Gasteiger partial charge in [0.25, 0.3) is 0 Å². The Bertz CT molecular complexity index is 1020. The predicted molar refractivity (Wildman–Crippen MR) is 159 cm³/mol. The normalized spacial score (nSPS) is 27.8. The van der Waals surface area contributed by atoms with Crippen LogP contribution < -0.4 is 0 Å². The molecule has 6 rings (SSSR count). The van der Waals surface area contributed by atoms with Crippen LogP contribution in [0.2, 0.25) is 0 Å². The van der Waals surface area contributed by atoms with Gasteiger partial charge in [-0.3, -0.25) is 0 Å². The fourth-order valence-corrected chi connectivity index (χ4v) is 14.8. The maximum atomic E-state index is 2.40.